The van der Waals surface area contributed by atoms with Crippen LogP contribution in [-0.4, -0.2) is 18.8 Å². The minimum Gasteiger partial charge on any atom is -0.378 e. The molecule has 0 aromatic rings. The van der Waals surface area contributed by atoms with Gasteiger partial charge in [-0.2, -0.15) is 0 Å². The van der Waals surface area contributed by atoms with Crippen LogP contribution in [0.2, 0.25) is 19.6 Å². The molecule has 1 N–H and O–H groups in total. The Labute approximate surface area is 83.6 Å². The highest BCUT2D eigenvalue weighted by Crippen LogP contribution is 2.12. The number of rotatable bonds is 3. The fourth-order valence-corrected chi connectivity index (χ4v) is 1.55. The van der Waals surface area contributed by atoms with Crippen molar-refractivity contribution in [2.24, 2.45) is 0 Å². The maximum atomic E-state index is 9.86. The zero-order chi connectivity index (χ0) is 10.5. The highest BCUT2D eigenvalue weighted by atomic mass is 28.3. The van der Waals surface area contributed by atoms with E-state index in [9.17, 15) is 5.11 Å². The molecule has 0 spiro atoms. The lowest BCUT2D eigenvalue weighted by atomic mass is 10.0. The maximum Gasteiger partial charge on any atom is 0.129 e. The Bertz CT molecular complexity index is 202. The van der Waals surface area contributed by atoms with Gasteiger partial charge in [-0.3, -0.25) is 0 Å². The molecule has 0 aliphatic heterocycles. The van der Waals surface area contributed by atoms with E-state index < -0.39 is 13.7 Å². The largest absolute Gasteiger partial charge is 0.378 e. The van der Waals surface area contributed by atoms with Crippen molar-refractivity contribution in [1.29, 1.82) is 0 Å². The van der Waals surface area contributed by atoms with Crippen LogP contribution in [0.25, 0.3) is 0 Å². The third-order valence-electron chi connectivity index (χ3n) is 1.72. The van der Waals surface area contributed by atoms with Gasteiger partial charge in [0, 0.05) is 0 Å². The Kier molecular flexibility index (Phi) is 4.73. The van der Waals surface area contributed by atoms with Crippen molar-refractivity contribution >= 4 is 8.07 Å². The van der Waals surface area contributed by atoms with Crippen LogP contribution in [-0.2, 0) is 0 Å². The topological polar surface area (TPSA) is 20.2 Å². The summed E-state index contributed by atoms with van der Waals surface area (Å²) < 4.78 is 0. The summed E-state index contributed by atoms with van der Waals surface area (Å²) in [7, 11) is -1.33. The molecule has 13 heavy (non-hydrogen) atoms. The van der Waals surface area contributed by atoms with Crippen molar-refractivity contribution in [3.05, 3.63) is 0 Å². The Hall–Kier alpha value is -0.263. The lowest BCUT2D eigenvalue weighted by Gasteiger charge is -2.16. The number of unbranched alkanes of at least 4 members (excludes halogenated alkanes) is 1. The van der Waals surface area contributed by atoms with Crippen molar-refractivity contribution in [2.45, 2.75) is 58.4 Å². The van der Waals surface area contributed by atoms with E-state index in [4.69, 9.17) is 0 Å². The van der Waals surface area contributed by atoms with E-state index in [1.54, 1.807) is 0 Å². The molecule has 1 atom stereocenters. The number of hydrogen-bond donors (Lipinski definition) is 1. The van der Waals surface area contributed by atoms with E-state index in [1.807, 2.05) is 6.92 Å². The average molecular weight is 198 g/mol. The Morgan fingerprint density at radius 3 is 2.23 bits per heavy atom. The number of hydrogen-bond acceptors (Lipinski definition) is 1. The van der Waals surface area contributed by atoms with Gasteiger partial charge < -0.3 is 5.11 Å². The van der Waals surface area contributed by atoms with Gasteiger partial charge in [0.25, 0.3) is 0 Å². The van der Waals surface area contributed by atoms with Crippen LogP contribution in [0.4, 0.5) is 0 Å². The van der Waals surface area contributed by atoms with Crippen molar-refractivity contribution in [3.8, 4) is 11.5 Å². The van der Waals surface area contributed by atoms with Crippen LogP contribution in [0.3, 0.4) is 0 Å². The summed E-state index contributed by atoms with van der Waals surface area (Å²) in [5.74, 6) is 3.00. The van der Waals surface area contributed by atoms with E-state index >= 15 is 0 Å². The predicted molar refractivity (Wildman–Crippen MR) is 61.3 cm³/mol. The summed E-state index contributed by atoms with van der Waals surface area (Å²) in [6, 6.07) is 0. The van der Waals surface area contributed by atoms with E-state index in [1.165, 1.54) is 0 Å². The van der Waals surface area contributed by atoms with Crippen molar-refractivity contribution in [1.82, 2.24) is 0 Å². The molecule has 0 aliphatic carbocycles. The van der Waals surface area contributed by atoms with Gasteiger partial charge in [-0.05, 0) is 19.8 Å². The Morgan fingerprint density at radius 2 is 1.85 bits per heavy atom. The molecule has 0 radical (unpaired) electrons. The molecular formula is C11H22OSi. The molecule has 0 bridgehead atoms. The quantitative estimate of drug-likeness (QED) is 0.546. The predicted octanol–water partition coefficient (Wildman–Crippen LogP) is 2.81. The molecule has 0 aromatic carbocycles. The molecular weight excluding hydrogens is 176 g/mol. The molecule has 0 aromatic heterocycles. The van der Waals surface area contributed by atoms with Crippen molar-refractivity contribution in [3.63, 3.8) is 0 Å². The molecule has 1 nitrogen and oxygen atoms in total. The molecule has 0 aliphatic rings. The summed E-state index contributed by atoms with van der Waals surface area (Å²) >= 11 is 0. The third-order valence-corrected chi connectivity index (χ3v) is 2.60. The normalized spacial score (nSPS) is 15.8. The summed E-state index contributed by atoms with van der Waals surface area (Å²) in [5.41, 5.74) is 2.44. The fraction of sp³-hybridized carbons (Fsp3) is 0.818. The first-order chi connectivity index (χ1) is 5.77. The second-order valence-electron chi connectivity index (χ2n) is 4.88. The van der Waals surface area contributed by atoms with E-state index in [2.05, 4.69) is 38.0 Å². The minimum absolute atomic E-state index is 0.768. The summed E-state index contributed by atoms with van der Waals surface area (Å²) in [6.45, 7) is 10.5. The lowest BCUT2D eigenvalue weighted by molar-refractivity contribution is 0.109. The van der Waals surface area contributed by atoms with Crippen LogP contribution in [0.1, 0.15) is 33.1 Å². The Morgan fingerprint density at radius 1 is 1.31 bits per heavy atom. The second-order valence-corrected chi connectivity index (χ2v) is 9.63. The summed E-state index contributed by atoms with van der Waals surface area (Å²) in [5, 5.41) is 9.86. The van der Waals surface area contributed by atoms with Crippen LogP contribution in [0.15, 0.2) is 0 Å². The van der Waals surface area contributed by atoms with Gasteiger partial charge in [-0.1, -0.05) is 38.9 Å². The van der Waals surface area contributed by atoms with E-state index in [-0.39, 0.29) is 0 Å². The molecule has 76 valence electrons. The minimum atomic E-state index is -1.33. The van der Waals surface area contributed by atoms with Gasteiger partial charge >= 0.3 is 0 Å². The van der Waals surface area contributed by atoms with E-state index in [0.29, 0.717) is 0 Å². The standard InChI is InChI=1S/C11H22OSi/c1-6-7-8-11(2,12)9-10-13(3,4)5/h12H,6-8H2,1-5H3. The third kappa shape index (κ3) is 8.08. The zero-order valence-electron chi connectivity index (χ0n) is 9.57. The van der Waals surface area contributed by atoms with Crippen molar-refractivity contribution < 1.29 is 5.11 Å². The van der Waals surface area contributed by atoms with Crippen LogP contribution < -0.4 is 0 Å². The van der Waals surface area contributed by atoms with Crippen LogP contribution in [0.5, 0.6) is 0 Å². The molecule has 0 fully saturated rings. The smallest absolute Gasteiger partial charge is 0.129 e. The highest BCUT2D eigenvalue weighted by molar-refractivity contribution is 6.83. The molecule has 2 heteroatoms. The molecule has 0 rings (SSSR count). The first kappa shape index (κ1) is 12.7. The first-order valence-electron chi connectivity index (χ1n) is 5.03. The van der Waals surface area contributed by atoms with E-state index in [0.717, 1.165) is 19.3 Å². The molecule has 1 unspecified atom stereocenters. The maximum absolute atomic E-state index is 9.86. The molecule has 0 heterocycles. The van der Waals surface area contributed by atoms with Gasteiger partial charge in [0.1, 0.15) is 13.7 Å². The lowest BCUT2D eigenvalue weighted by Crippen LogP contribution is -2.24. The van der Waals surface area contributed by atoms with Gasteiger partial charge in [-0.15, -0.1) is 5.54 Å². The monoisotopic (exact) mass is 198 g/mol. The molecule has 0 saturated heterocycles. The first-order valence-corrected chi connectivity index (χ1v) is 8.53. The van der Waals surface area contributed by atoms with Crippen molar-refractivity contribution in [2.75, 3.05) is 0 Å². The second kappa shape index (κ2) is 4.83. The van der Waals surface area contributed by atoms with Crippen LogP contribution >= 0.6 is 0 Å². The van der Waals surface area contributed by atoms with Gasteiger partial charge in [0.05, 0.1) is 0 Å². The average Bonchev–Trinajstić information content (AvgIpc) is 1.97. The Balaban J connectivity index is 4.20. The van der Waals surface area contributed by atoms with Gasteiger partial charge in [-0.25, -0.2) is 0 Å². The highest BCUT2D eigenvalue weighted by Gasteiger charge is 2.17. The van der Waals surface area contributed by atoms with Crippen LogP contribution in [0, 0.1) is 11.5 Å². The van der Waals surface area contributed by atoms with Gasteiger partial charge in [0.2, 0.25) is 0 Å². The molecule has 0 amide bonds. The summed E-state index contributed by atoms with van der Waals surface area (Å²) in [4.78, 5) is 0. The zero-order valence-corrected chi connectivity index (χ0v) is 10.6. The fourth-order valence-electron chi connectivity index (χ4n) is 0.906. The SMILES string of the molecule is CCCCC(C)(O)C#C[Si](C)(C)C. The number of aliphatic hydroxyl groups is 1. The van der Waals surface area contributed by atoms with Gasteiger partial charge in [0.15, 0.2) is 0 Å². The summed E-state index contributed by atoms with van der Waals surface area (Å²) in [6.07, 6.45) is 2.96. The molecule has 0 saturated carbocycles.